The molecule has 6 nitrogen and oxygen atoms in total. The molecule has 2 saturated heterocycles. The smallest absolute Gasteiger partial charge is 0.225 e. The van der Waals surface area contributed by atoms with Gasteiger partial charge in [-0.1, -0.05) is 36.4 Å². The number of aliphatic hydroxyl groups excluding tert-OH is 1. The second-order valence-electron chi connectivity index (χ2n) is 9.73. The van der Waals surface area contributed by atoms with Crippen molar-refractivity contribution in [1.82, 2.24) is 9.80 Å². The van der Waals surface area contributed by atoms with E-state index in [2.05, 4.69) is 23.1 Å². The van der Waals surface area contributed by atoms with E-state index < -0.39 is 6.10 Å². The van der Waals surface area contributed by atoms with Gasteiger partial charge < -0.3 is 19.5 Å². The first-order valence-corrected chi connectivity index (χ1v) is 12.3. The first kappa shape index (κ1) is 23.4. The standard InChI is InChI=1S/C27H33FN2O4/c28-22-7-5-19(6-8-22)14-30-16-23(31)17-33-18-26-25(30)10-9-24(34-26)13-27(32)29-12-11-20-3-1-2-4-21(20)15-29/h1-8,23-26,31H,9-18H2/t23-,24+,25+,26-/m0/s1. The highest BCUT2D eigenvalue weighted by atomic mass is 19.1. The molecular formula is C27H33FN2O4. The highest BCUT2D eigenvalue weighted by Gasteiger charge is 2.38. The summed E-state index contributed by atoms with van der Waals surface area (Å²) in [6.07, 6.45) is 2.05. The fraction of sp³-hybridized carbons (Fsp3) is 0.519. The number of nitrogens with zero attached hydrogens (tertiary/aromatic N) is 2. The van der Waals surface area contributed by atoms with Crippen molar-refractivity contribution >= 4 is 5.91 Å². The van der Waals surface area contributed by atoms with E-state index in [0.717, 1.165) is 31.4 Å². The molecule has 0 aliphatic carbocycles. The maximum atomic E-state index is 13.3. The summed E-state index contributed by atoms with van der Waals surface area (Å²) >= 11 is 0. The van der Waals surface area contributed by atoms with Crippen molar-refractivity contribution in [2.24, 2.45) is 0 Å². The van der Waals surface area contributed by atoms with Crippen LogP contribution >= 0.6 is 0 Å². The van der Waals surface area contributed by atoms with E-state index in [1.807, 2.05) is 11.0 Å². The average Bonchev–Trinajstić information content (AvgIpc) is 2.84. The summed E-state index contributed by atoms with van der Waals surface area (Å²) in [5.74, 6) is -0.114. The van der Waals surface area contributed by atoms with Gasteiger partial charge in [-0.15, -0.1) is 0 Å². The molecular weight excluding hydrogens is 435 g/mol. The quantitative estimate of drug-likeness (QED) is 0.748. The van der Waals surface area contributed by atoms with Gasteiger partial charge in [-0.05, 0) is 48.1 Å². The van der Waals surface area contributed by atoms with Crippen LogP contribution < -0.4 is 0 Å². The first-order valence-electron chi connectivity index (χ1n) is 12.3. The number of carbonyl (C=O) groups excluding carboxylic acids is 1. The zero-order valence-corrected chi connectivity index (χ0v) is 19.4. The molecule has 7 heteroatoms. The van der Waals surface area contributed by atoms with Gasteiger partial charge in [0.25, 0.3) is 0 Å². The van der Waals surface area contributed by atoms with Crippen LogP contribution in [-0.2, 0) is 33.8 Å². The number of hydrogen-bond donors (Lipinski definition) is 1. The second kappa shape index (κ2) is 10.5. The van der Waals surface area contributed by atoms with E-state index in [4.69, 9.17) is 9.47 Å². The molecule has 2 aromatic rings. The highest BCUT2D eigenvalue weighted by molar-refractivity contribution is 5.77. The average molecular weight is 469 g/mol. The molecule has 4 atom stereocenters. The molecule has 3 heterocycles. The van der Waals surface area contributed by atoms with Crippen LogP contribution in [-0.4, -0.2) is 71.5 Å². The molecule has 34 heavy (non-hydrogen) atoms. The predicted octanol–water partition coefficient (Wildman–Crippen LogP) is 2.91. The second-order valence-corrected chi connectivity index (χ2v) is 9.73. The number of fused-ring (bicyclic) bond motifs is 2. The van der Waals surface area contributed by atoms with E-state index in [1.54, 1.807) is 12.1 Å². The number of aliphatic hydroxyl groups is 1. The molecule has 0 radical (unpaired) electrons. The van der Waals surface area contributed by atoms with Crippen LogP contribution in [0.25, 0.3) is 0 Å². The molecule has 0 bridgehead atoms. The number of benzene rings is 2. The zero-order valence-electron chi connectivity index (χ0n) is 19.4. The minimum atomic E-state index is -0.581. The normalized spacial score (nSPS) is 27.9. The fourth-order valence-corrected chi connectivity index (χ4v) is 5.48. The van der Waals surface area contributed by atoms with Gasteiger partial charge in [0.15, 0.2) is 0 Å². The fourth-order valence-electron chi connectivity index (χ4n) is 5.48. The summed E-state index contributed by atoms with van der Waals surface area (Å²) in [6, 6.07) is 14.9. The van der Waals surface area contributed by atoms with Gasteiger partial charge in [-0.25, -0.2) is 4.39 Å². The number of ether oxygens (including phenoxy) is 2. The Balaban J connectivity index is 1.22. The lowest BCUT2D eigenvalue weighted by molar-refractivity contribution is -0.161. The van der Waals surface area contributed by atoms with E-state index in [0.29, 0.717) is 32.7 Å². The Morgan fingerprint density at radius 3 is 2.68 bits per heavy atom. The topological polar surface area (TPSA) is 62.2 Å². The molecule has 1 N–H and O–H groups in total. The molecule has 5 rings (SSSR count). The summed E-state index contributed by atoms with van der Waals surface area (Å²) in [7, 11) is 0. The largest absolute Gasteiger partial charge is 0.389 e. The molecule has 3 aliphatic heterocycles. The van der Waals surface area contributed by atoms with Gasteiger partial charge in [0.2, 0.25) is 5.91 Å². The Hall–Kier alpha value is -2.32. The number of rotatable bonds is 4. The van der Waals surface area contributed by atoms with Crippen molar-refractivity contribution in [3.63, 3.8) is 0 Å². The van der Waals surface area contributed by atoms with Crippen LogP contribution in [0.2, 0.25) is 0 Å². The Bertz CT molecular complexity index is 985. The number of β-amino-alcohol motifs (C(OH)–C–C–N with tert-alkyl or cyclic N) is 1. The summed E-state index contributed by atoms with van der Waals surface area (Å²) in [5, 5.41) is 10.4. The van der Waals surface area contributed by atoms with Gasteiger partial charge in [0, 0.05) is 32.2 Å². The Kier molecular flexibility index (Phi) is 7.25. The van der Waals surface area contributed by atoms with Crippen molar-refractivity contribution in [2.75, 3.05) is 26.3 Å². The highest BCUT2D eigenvalue weighted by Crippen LogP contribution is 2.30. The Morgan fingerprint density at radius 1 is 1.06 bits per heavy atom. The van der Waals surface area contributed by atoms with Gasteiger partial charge >= 0.3 is 0 Å². The maximum absolute atomic E-state index is 13.3. The van der Waals surface area contributed by atoms with E-state index in [1.165, 1.54) is 23.3 Å². The van der Waals surface area contributed by atoms with Crippen molar-refractivity contribution < 1.29 is 23.8 Å². The lowest BCUT2D eigenvalue weighted by atomic mass is 9.93. The van der Waals surface area contributed by atoms with Crippen molar-refractivity contribution in [3.8, 4) is 0 Å². The van der Waals surface area contributed by atoms with Crippen LogP contribution in [0.3, 0.4) is 0 Å². The minimum Gasteiger partial charge on any atom is -0.389 e. The third-order valence-corrected chi connectivity index (χ3v) is 7.27. The van der Waals surface area contributed by atoms with Crippen LogP contribution in [0, 0.1) is 5.82 Å². The van der Waals surface area contributed by atoms with E-state index >= 15 is 0 Å². The number of carbonyl (C=O) groups is 1. The number of hydrogen-bond acceptors (Lipinski definition) is 5. The summed E-state index contributed by atoms with van der Waals surface area (Å²) in [6.45, 7) is 3.14. The SMILES string of the molecule is O=C(C[C@H]1CC[C@@H]2[C@H](COC[C@@H](O)CN2Cc2ccc(F)cc2)O1)N1CCc2ccccc2C1. The molecule has 1 amide bonds. The van der Waals surface area contributed by atoms with Crippen LogP contribution in [0.1, 0.15) is 36.0 Å². The van der Waals surface area contributed by atoms with E-state index in [9.17, 15) is 14.3 Å². The summed E-state index contributed by atoms with van der Waals surface area (Å²) in [5.41, 5.74) is 3.56. The molecule has 3 aliphatic rings. The zero-order chi connectivity index (χ0) is 23.5. The Labute approximate surface area is 200 Å². The number of halogens is 1. The van der Waals surface area contributed by atoms with Crippen molar-refractivity contribution in [2.45, 2.75) is 63.1 Å². The molecule has 0 aromatic heterocycles. The molecule has 182 valence electrons. The molecule has 0 unspecified atom stereocenters. The van der Waals surface area contributed by atoms with Crippen LogP contribution in [0.15, 0.2) is 48.5 Å². The van der Waals surface area contributed by atoms with Gasteiger partial charge in [0.1, 0.15) is 5.82 Å². The number of amides is 1. The molecule has 0 spiro atoms. The molecule has 2 aromatic carbocycles. The monoisotopic (exact) mass is 468 g/mol. The van der Waals surface area contributed by atoms with E-state index in [-0.39, 0.29) is 36.6 Å². The van der Waals surface area contributed by atoms with Crippen molar-refractivity contribution in [1.29, 1.82) is 0 Å². The van der Waals surface area contributed by atoms with Crippen LogP contribution in [0.5, 0.6) is 0 Å². The maximum Gasteiger partial charge on any atom is 0.225 e. The first-order chi connectivity index (χ1) is 16.5. The van der Waals surface area contributed by atoms with Crippen LogP contribution in [0.4, 0.5) is 4.39 Å². The third-order valence-electron chi connectivity index (χ3n) is 7.27. The minimum absolute atomic E-state index is 0.0771. The molecule has 2 fully saturated rings. The van der Waals surface area contributed by atoms with Gasteiger partial charge in [-0.2, -0.15) is 0 Å². The Morgan fingerprint density at radius 2 is 1.85 bits per heavy atom. The summed E-state index contributed by atoms with van der Waals surface area (Å²) < 4.78 is 25.5. The third kappa shape index (κ3) is 5.49. The lowest BCUT2D eigenvalue weighted by Gasteiger charge is -2.44. The van der Waals surface area contributed by atoms with Gasteiger partial charge in [-0.3, -0.25) is 9.69 Å². The van der Waals surface area contributed by atoms with Crippen molar-refractivity contribution in [3.05, 3.63) is 71.0 Å². The predicted molar refractivity (Wildman–Crippen MR) is 125 cm³/mol. The van der Waals surface area contributed by atoms with Gasteiger partial charge in [0.05, 0.1) is 37.9 Å². The summed E-state index contributed by atoms with van der Waals surface area (Å²) in [4.78, 5) is 17.3. The lowest BCUT2D eigenvalue weighted by Crippen LogP contribution is -2.55. The molecule has 0 saturated carbocycles.